The fraction of sp³-hybridized carbons (Fsp3) is 0.357. The van der Waals surface area contributed by atoms with E-state index in [4.69, 9.17) is 5.11 Å². The second kappa shape index (κ2) is 7.31. The molecule has 2 rings (SSSR count). The quantitative estimate of drug-likeness (QED) is 0.848. The van der Waals surface area contributed by atoms with E-state index in [-0.39, 0.29) is 12.5 Å². The van der Waals surface area contributed by atoms with Gasteiger partial charge >= 0.3 is 0 Å². The summed E-state index contributed by atoms with van der Waals surface area (Å²) in [6.07, 6.45) is 0.854. The number of amides is 1. The molecule has 0 aromatic carbocycles. The van der Waals surface area contributed by atoms with Crippen LogP contribution in [0.5, 0.6) is 0 Å². The molecule has 0 unspecified atom stereocenters. The number of hydrogen-bond acceptors (Lipinski definition) is 6. The lowest BCUT2D eigenvalue weighted by Gasteiger charge is -1.98. The van der Waals surface area contributed by atoms with Crippen molar-refractivity contribution in [3.05, 3.63) is 26.9 Å². The first kappa shape index (κ1) is 15.6. The molecule has 0 aliphatic heterocycles. The molecule has 0 radical (unpaired) electrons. The summed E-state index contributed by atoms with van der Waals surface area (Å²) in [7, 11) is 0. The predicted molar refractivity (Wildman–Crippen MR) is 84.7 cm³/mol. The third-order valence-corrected chi connectivity index (χ3v) is 4.13. The van der Waals surface area contributed by atoms with Crippen LogP contribution >= 0.6 is 22.7 Å². The van der Waals surface area contributed by atoms with Crippen molar-refractivity contribution >= 4 is 33.7 Å². The number of nitrogens with zero attached hydrogens (tertiary/aromatic N) is 2. The van der Waals surface area contributed by atoms with Gasteiger partial charge in [0, 0.05) is 11.8 Å². The number of aliphatic hydroxyl groups excluding tert-OH is 1. The third-order valence-electron chi connectivity index (χ3n) is 2.42. The second-order valence-electron chi connectivity index (χ2n) is 4.71. The third kappa shape index (κ3) is 4.63. The standard InChI is InChI=1S/C14H15N3O2S2/c1-9(2)6-12-16-17-14(21-12)15-13(19)10-7-11(20-8-10)4-3-5-18/h7-9,18H,5-6H2,1-2H3,(H,15,17,19). The van der Waals surface area contributed by atoms with E-state index in [0.29, 0.717) is 16.6 Å². The Balaban J connectivity index is 2.00. The van der Waals surface area contributed by atoms with Gasteiger partial charge in [0.15, 0.2) is 0 Å². The lowest BCUT2D eigenvalue weighted by atomic mass is 10.1. The minimum absolute atomic E-state index is 0.192. The summed E-state index contributed by atoms with van der Waals surface area (Å²) in [6.45, 7) is 4.03. The molecule has 0 atom stereocenters. The van der Waals surface area contributed by atoms with Crippen molar-refractivity contribution in [1.29, 1.82) is 0 Å². The number of aliphatic hydroxyl groups is 1. The van der Waals surface area contributed by atoms with Crippen molar-refractivity contribution < 1.29 is 9.90 Å². The molecule has 0 bridgehead atoms. The molecule has 0 aliphatic rings. The minimum Gasteiger partial charge on any atom is -0.384 e. The Morgan fingerprint density at radius 3 is 3.00 bits per heavy atom. The van der Waals surface area contributed by atoms with Gasteiger partial charge in [0.2, 0.25) is 5.13 Å². The van der Waals surface area contributed by atoms with Crippen LogP contribution in [0.4, 0.5) is 5.13 Å². The zero-order valence-corrected chi connectivity index (χ0v) is 13.3. The largest absolute Gasteiger partial charge is 0.384 e. The summed E-state index contributed by atoms with van der Waals surface area (Å²) >= 11 is 2.76. The maximum absolute atomic E-state index is 12.1. The zero-order valence-electron chi connectivity index (χ0n) is 11.7. The predicted octanol–water partition coefficient (Wildman–Crippen LogP) is 2.39. The van der Waals surface area contributed by atoms with Gasteiger partial charge in [0.1, 0.15) is 11.6 Å². The van der Waals surface area contributed by atoms with Crippen molar-refractivity contribution in [2.24, 2.45) is 5.92 Å². The Hall–Kier alpha value is -1.75. The highest BCUT2D eigenvalue weighted by atomic mass is 32.1. The van der Waals surface area contributed by atoms with Crippen LogP contribution in [0.2, 0.25) is 0 Å². The van der Waals surface area contributed by atoms with Gasteiger partial charge in [-0.25, -0.2) is 0 Å². The number of carbonyl (C=O) groups excluding carboxylic acids is 1. The van der Waals surface area contributed by atoms with E-state index in [9.17, 15) is 4.79 Å². The Kier molecular flexibility index (Phi) is 5.44. The van der Waals surface area contributed by atoms with Crippen LogP contribution in [-0.2, 0) is 6.42 Å². The Bertz CT molecular complexity index is 680. The second-order valence-corrected chi connectivity index (χ2v) is 6.69. The Labute approximate surface area is 131 Å². The van der Waals surface area contributed by atoms with Gasteiger partial charge in [-0.2, -0.15) is 0 Å². The van der Waals surface area contributed by atoms with Gasteiger partial charge in [-0.3, -0.25) is 10.1 Å². The molecule has 0 saturated heterocycles. The number of rotatable bonds is 4. The minimum atomic E-state index is -0.226. The summed E-state index contributed by atoms with van der Waals surface area (Å²) in [5.41, 5.74) is 0.530. The molecule has 0 aliphatic carbocycles. The molecule has 2 aromatic heterocycles. The molecule has 0 spiro atoms. The van der Waals surface area contributed by atoms with E-state index >= 15 is 0 Å². The average molecular weight is 321 g/mol. The van der Waals surface area contributed by atoms with Gasteiger partial charge in [0.25, 0.3) is 5.91 Å². The molecular formula is C14H15N3O2S2. The Morgan fingerprint density at radius 1 is 1.48 bits per heavy atom. The fourth-order valence-corrected chi connectivity index (χ4v) is 3.25. The normalized spacial score (nSPS) is 10.3. The summed E-state index contributed by atoms with van der Waals surface area (Å²) in [6, 6.07) is 1.69. The van der Waals surface area contributed by atoms with Crippen LogP contribution in [0.25, 0.3) is 0 Å². The molecule has 1 amide bonds. The molecule has 2 N–H and O–H groups in total. The fourth-order valence-electron chi connectivity index (χ4n) is 1.55. The van der Waals surface area contributed by atoms with E-state index in [1.807, 2.05) is 0 Å². The molecular weight excluding hydrogens is 306 g/mol. The first-order valence-corrected chi connectivity index (χ1v) is 8.10. The monoisotopic (exact) mass is 321 g/mol. The first-order chi connectivity index (χ1) is 10.1. The van der Waals surface area contributed by atoms with E-state index in [0.717, 1.165) is 16.3 Å². The highest BCUT2D eigenvalue weighted by molar-refractivity contribution is 7.15. The average Bonchev–Trinajstić information content (AvgIpc) is 3.05. The lowest BCUT2D eigenvalue weighted by Crippen LogP contribution is -2.10. The maximum Gasteiger partial charge on any atom is 0.258 e. The van der Waals surface area contributed by atoms with Gasteiger partial charge < -0.3 is 5.11 Å². The molecule has 110 valence electrons. The topological polar surface area (TPSA) is 75.1 Å². The number of aromatic nitrogens is 2. The van der Waals surface area contributed by atoms with E-state index in [1.165, 1.54) is 22.7 Å². The van der Waals surface area contributed by atoms with Crippen molar-refractivity contribution in [1.82, 2.24) is 10.2 Å². The molecule has 0 saturated carbocycles. The Morgan fingerprint density at radius 2 is 2.29 bits per heavy atom. The van der Waals surface area contributed by atoms with Crippen molar-refractivity contribution in [2.45, 2.75) is 20.3 Å². The van der Waals surface area contributed by atoms with E-state index in [1.54, 1.807) is 11.4 Å². The van der Waals surface area contributed by atoms with Gasteiger partial charge in [0.05, 0.1) is 10.4 Å². The van der Waals surface area contributed by atoms with Gasteiger partial charge in [-0.05, 0) is 12.0 Å². The van der Waals surface area contributed by atoms with Crippen molar-refractivity contribution in [2.75, 3.05) is 11.9 Å². The molecule has 2 heterocycles. The molecule has 21 heavy (non-hydrogen) atoms. The number of anilines is 1. The number of nitrogens with one attached hydrogen (secondary N) is 1. The highest BCUT2D eigenvalue weighted by Crippen LogP contribution is 2.20. The number of thiophene rings is 1. The van der Waals surface area contributed by atoms with E-state index < -0.39 is 0 Å². The molecule has 0 fully saturated rings. The zero-order chi connectivity index (χ0) is 15.2. The highest BCUT2D eigenvalue weighted by Gasteiger charge is 2.12. The van der Waals surface area contributed by atoms with Crippen LogP contribution < -0.4 is 5.32 Å². The number of hydrogen-bond donors (Lipinski definition) is 2. The van der Waals surface area contributed by atoms with Crippen LogP contribution in [-0.4, -0.2) is 27.8 Å². The smallest absolute Gasteiger partial charge is 0.258 e. The summed E-state index contributed by atoms with van der Waals surface area (Å²) in [5.74, 6) is 5.60. The summed E-state index contributed by atoms with van der Waals surface area (Å²) in [4.78, 5) is 12.8. The van der Waals surface area contributed by atoms with Crippen LogP contribution in [0.3, 0.4) is 0 Å². The van der Waals surface area contributed by atoms with Crippen molar-refractivity contribution in [3.63, 3.8) is 0 Å². The lowest BCUT2D eigenvalue weighted by molar-refractivity contribution is 0.102. The van der Waals surface area contributed by atoms with Crippen molar-refractivity contribution in [3.8, 4) is 11.8 Å². The summed E-state index contributed by atoms with van der Waals surface area (Å²) < 4.78 is 0. The van der Waals surface area contributed by atoms with Crippen LogP contribution in [0.15, 0.2) is 11.4 Å². The molecule has 2 aromatic rings. The number of carbonyl (C=O) groups is 1. The van der Waals surface area contributed by atoms with Crippen LogP contribution in [0, 0.1) is 17.8 Å². The van der Waals surface area contributed by atoms with E-state index in [2.05, 4.69) is 41.2 Å². The maximum atomic E-state index is 12.1. The van der Waals surface area contributed by atoms with Gasteiger partial charge in [-0.15, -0.1) is 21.5 Å². The SMILES string of the molecule is CC(C)Cc1nnc(NC(=O)c2csc(C#CCO)c2)s1. The van der Waals surface area contributed by atoms with Gasteiger partial charge in [-0.1, -0.05) is 37.0 Å². The molecule has 5 nitrogen and oxygen atoms in total. The molecule has 7 heteroatoms. The summed E-state index contributed by atoms with van der Waals surface area (Å²) in [5, 5.41) is 22.6. The first-order valence-electron chi connectivity index (χ1n) is 6.40. The van der Waals surface area contributed by atoms with Crippen LogP contribution in [0.1, 0.15) is 34.1 Å².